The minimum atomic E-state index is -0.463. The maximum absolute atomic E-state index is 13.9. The first-order chi connectivity index (χ1) is 11.1. The van der Waals surface area contributed by atoms with Crippen LogP contribution in [0.3, 0.4) is 0 Å². The fourth-order valence-electron chi connectivity index (χ4n) is 2.49. The van der Waals surface area contributed by atoms with Gasteiger partial charge in [-0.15, -0.1) is 12.4 Å². The molecule has 0 aromatic heterocycles. The normalized spacial score (nSPS) is 13.9. The maximum atomic E-state index is 13.9. The summed E-state index contributed by atoms with van der Waals surface area (Å²) in [5.41, 5.74) is 2.42. The first-order valence-corrected chi connectivity index (χ1v) is 7.77. The van der Waals surface area contributed by atoms with E-state index in [1.165, 1.54) is 18.2 Å². The molecule has 24 heavy (non-hydrogen) atoms. The van der Waals surface area contributed by atoms with Crippen LogP contribution in [0, 0.1) is 11.6 Å². The van der Waals surface area contributed by atoms with Crippen LogP contribution in [-0.2, 0) is 6.61 Å². The Balaban J connectivity index is 0.00000208. The number of hydrogen-bond donors (Lipinski definition) is 1. The Bertz CT molecular complexity index is 750. The molecule has 2 aromatic rings. The van der Waals surface area contributed by atoms with Gasteiger partial charge in [-0.05, 0) is 48.4 Å². The van der Waals surface area contributed by atoms with E-state index in [0.717, 1.165) is 30.6 Å². The van der Waals surface area contributed by atoms with Crippen LogP contribution in [0.5, 0.6) is 5.75 Å². The van der Waals surface area contributed by atoms with Gasteiger partial charge >= 0.3 is 0 Å². The lowest BCUT2D eigenvalue weighted by molar-refractivity contribution is 0.284. The Morgan fingerprint density at radius 1 is 1.08 bits per heavy atom. The molecule has 0 fully saturated rings. The van der Waals surface area contributed by atoms with E-state index in [1.807, 2.05) is 0 Å². The van der Waals surface area contributed by atoms with Gasteiger partial charge in [-0.1, -0.05) is 29.8 Å². The molecule has 128 valence electrons. The number of benzene rings is 2. The van der Waals surface area contributed by atoms with E-state index < -0.39 is 11.6 Å². The Morgan fingerprint density at radius 3 is 2.62 bits per heavy atom. The summed E-state index contributed by atoms with van der Waals surface area (Å²) in [5, 5.41) is 3.55. The van der Waals surface area contributed by atoms with Crippen LogP contribution in [0.1, 0.15) is 17.5 Å². The molecule has 0 amide bonds. The molecule has 0 aliphatic carbocycles. The van der Waals surface area contributed by atoms with Crippen LogP contribution in [0.4, 0.5) is 8.78 Å². The third kappa shape index (κ3) is 4.47. The summed E-state index contributed by atoms with van der Waals surface area (Å²) in [7, 11) is 0. The number of halogens is 4. The van der Waals surface area contributed by atoms with Crippen molar-refractivity contribution in [2.75, 3.05) is 13.1 Å². The predicted octanol–water partition coefficient (Wildman–Crippen LogP) is 5.00. The molecular formula is C18H17Cl2F2NO. The molecule has 1 aliphatic heterocycles. The van der Waals surface area contributed by atoms with Crippen molar-refractivity contribution in [3.05, 3.63) is 70.3 Å². The molecule has 0 atom stereocenters. The van der Waals surface area contributed by atoms with E-state index >= 15 is 0 Å². The van der Waals surface area contributed by atoms with Crippen LogP contribution in [0.15, 0.2) is 42.5 Å². The summed E-state index contributed by atoms with van der Waals surface area (Å²) in [6.45, 7) is 1.65. The van der Waals surface area contributed by atoms with Gasteiger partial charge in [-0.25, -0.2) is 8.78 Å². The van der Waals surface area contributed by atoms with Crippen LogP contribution in [-0.4, -0.2) is 13.1 Å². The summed E-state index contributed by atoms with van der Waals surface area (Å²) < 4.78 is 33.2. The Kier molecular flexibility index (Phi) is 6.60. The van der Waals surface area contributed by atoms with Crippen LogP contribution < -0.4 is 10.1 Å². The number of rotatable bonds is 4. The molecule has 0 spiro atoms. The maximum Gasteiger partial charge on any atom is 0.165 e. The molecule has 1 aliphatic rings. The van der Waals surface area contributed by atoms with Gasteiger partial charge in [0.1, 0.15) is 12.4 Å². The van der Waals surface area contributed by atoms with Crippen molar-refractivity contribution >= 4 is 29.6 Å². The third-order valence-corrected chi connectivity index (χ3v) is 4.00. The largest absolute Gasteiger partial charge is 0.486 e. The van der Waals surface area contributed by atoms with Crippen molar-refractivity contribution in [2.45, 2.75) is 13.0 Å². The Morgan fingerprint density at radius 2 is 1.92 bits per heavy atom. The van der Waals surface area contributed by atoms with Gasteiger partial charge in [-0.2, -0.15) is 0 Å². The standard InChI is InChI=1S/C18H16ClF2NO.ClH/c19-15-3-1-14(17(21)10-15)11-23-18-9-13(2-4-16(18)20)12-5-7-22-8-6-12;/h1-5,9-10,22H,6-8,11H2;1H. The van der Waals surface area contributed by atoms with Crippen LogP contribution >= 0.6 is 24.0 Å². The van der Waals surface area contributed by atoms with E-state index in [9.17, 15) is 8.78 Å². The van der Waals surface area contributed by atoms with Crippen molar-refractivity contribution in [3.8, 4) is 5.75 Å². The molecule has 0 unspecified atom stereocenters. The summed E-state index contributed by atoms with van der Waals surface area (Å²) in [6, 6.07) is 9.12. The molecule has 0 saturated heterocycles. The molecule has 3 rings (SSSR count). The highest BCUT2D eigenvalue weighted by Gasteiger charge is 2.11. The lowest BCUT2D eigenvalue weighted by Crippen LogP contribution is -2.20. The van der Waals surface area contributed by atoms with Gasteiger partial charge < -0.3 is 10.1 Å². The lowest BCUT2D eigenvalue weighted by Gasteiger charge is -2.16. The second-order valence-corrected chi connectivity index (χ2v) is 5.79. The molecule has 6 heteroatoms. The molecule has 2 nitrogen and oxygen atoms in total. The molecule has 0 radical (unpaired) electrons. The summed E-state index contributed by atoms with van der Waals surface area (Å²) in [4.78, 5) is 0. The summed E-state index contributed by atoms with van der Waals surface area (Å²) in [6.07, 6.45) is 2.97. The van der Waals surface area contributed by atoms with Crippen LogP contribution in [0.25, 0.3) is 5.57 Å². The first kappa shape index (κ1) is 18.7. The average molecular weight is 372 g/mol. The van der Waals surface area contributed by atoms with Gasteiger partial charge in [0.2, 0.25) is 0 Å². The van der Waals surface area contributed by atoms with Crippen LogP contribution in [0.2, 0.25) is 5.02 Å². The van der Waals surface area contributed by atoms with E-state index in [1.54, 1.807) is 18.2 Å². The van der Waals surface area contributed by atoms with Crippen molar-refractivity contribution in [1.29, 1.82) is 0 Å². The lowest BCUT2D eigenvalue weighted by atomic mass is 10.00. The van der Waals surface area contributed by atoms with Gasteiger partial charge in [0.15, 0.2) is 11.6 Å². The SMILES string of the molecule is Cl.Fc1cc(Cl)ccc1COc1cc(C2=CCNCC2)ccc1F. The number of hydrogen-bond acceptors (Lipinski definition) is 2. The minimum absolute atomic E-state index is 0. The fourth-order valence-corrected chi connectivity index (χ4v) is 2.65. The molecule has 2 aromatic carbocycles. The Hall–Kier alpha value is -1.62. The summed E-state index contributed by atoms with van der Waals surface area (Å²) in [5.74, 6) is -0.802. The second kappa shape index (κ2) is 8.47. The monoisotopic (exact) mass is 371 g/mol. The van der Waals surface area contributed by atoms with Crippen molar-refractivity contribution in [2.24, 2.45) is 0 Å². The number of nitrogens with one attached hydrogen (secondary N) is 1. The van der Waals surface area contributed by atoms with Gasteiger partial charge in [0.05, 0.1) is 0 Å². The van der Waals surface area contributed by atoms with Gasteiger partial charge in [0.25, 0.3) is 0 Å². The zero-order chi connectivity index (χ0) is 16.2. The quantitative estimate of drug-likeness (QED) is 0.816. The Labute approximate surface area is 150 Å². The van der Waals surface area contributed by atoms with E-state index in [2.05, 4.69) is 11.4 Å². The molecule has 1 heterocycles. The summed E-state index contributed by atoms with van der Waals surface area (Å²) >= 11 is 5.71. The number of ether oxygens (including phenoxy) is 1. The molecule has 0 saturated carbocycles. The highest BCUT2D eigenvalue weighted by Crippen LogP contribution is 2.27. The topological polar surface area (TPSA) is 21.3 Å². The van der Waals surface area contributed by atoms with E-state index in [4.69, 9.17) is 16.3 Å². The molecule has 0 bridgehead atoms. The molecular weight excluding hydrogens is 355 g/mol. The highest BCUT2D eigenvalue weighted by molar-refractivity contribution is 6.30. The average Bonchev–Trinajstić information content (AvgIpc) is 2.56. The fraction of sp³-hybridized carbons (Fsp3) is 0.222. The first-order valence-electron chi connectivity index (χ1n) is 7.40. The van der Waals surface area contributed by atoms with Gasteiger partial charge in [0, 0.05) is 17.1 Å². The van der Waals surface area contributed by atoms with E-state index in [-0.39, 0.29) is 24.8 Å². The van der Waals surface area contributed by atoms with E-state index in [0.29, 0.717) is 10.6 Å². The second-order valence-electron chi connectivity index (χ2n) is 5.35. The smallest absolute Gasteiger partial charge is 0.165 e. The zero-order valence-electron chi connectivity index (χ0n) is 12.8. The van der Waals surface area contributed by atoms with Crippen molar-refractivity contribution in [3.63, 3.8) is 0 Å². The van der Waals surface area contributed by atoms with Gasteiger partial charge in [-0.3, -0.25) is 0 Å². The third-order valence-electron chi connectivity index (χ3n) is 3.76. The van der Waals surface area contributed by atoms with Crippen molar-refractivity contribution < 1.29 is 13.5 Å². The molecule has 1 N–H and O–H groups in total. The highest BCUT2D eigenvalue weighted by atomic mass is 35.5. The predicted molar refractivity (Wildman–Crippen MR) is 94.9 cm³/mol. The zero-order valence-corrected chi connectivity index (χ0v) is 14.4. The van der Waals surface area contributed by atoms with Crippen molar-refractivity contribution in [1.82, 2.24) is 5.32 Å². The minimum Gasteiger partial charge on any atom is -0.486 e.